The highest BCUT2D eigenvalue weighted by atomic mass is 35.5. The molecule has 2 aliphatic rings. The molecule has 4 atom stereocenters. The average molecular weight is 596 g/mol. The van der Waals surface area contributed by atoms with Crippen molar-refractivity contribution in [2.24, 2.45) is 5.18 Å². The van der Waals surface area contributed by atoms with Crippen molar-refractivity contribution in [3.8, 4) is 0 Å². The van der Waals surface area contributed by atoms with Gasteiger partial charge in [-0.25, -0.2) is 5.48 Å². The smallest absolute Gasteiger partial charge is 0.316 e. The summed E-state index contributed by atoms with van der Waals surface area (Å²) in [6.45, 7) is -0.0283. The first-order chi connectivity index (χ1) is 19.8. The number of aliphatic hydroxyl groups is 1. The number of carbonyl (C=O) groups excluding carboxylic acids is 3. The zero-order valence-corrected chi connectivity index (χ0v) is 23.3. The van der Waals surface area contributed by atoms with Crippen LogP contribution in [0.2, 0.25) is 10.0 Å². The molecular formula is C30H27Cl2N3O6. The normalized spacial score (nSPS) is 22.1. The highest BCUT2D eigenvalue weighted by Crippen LogP contribution is 2.47. The maximum Gasteiger partial charge on any atom is 0.316 e. The molecule has 212 valence electrons. The number of fused-ring (bicyclic) bond motifs is 1. The van der Waals surface area contributed by atoms with Crippen molar-refractivity contribution in [3.63, 3.8) is 0 Å². The van der Waals surface area contributed by atoms with E-state index < -0.39 is 35.9 Å². The molecule has 2 N–H and O–H groups in total. The van der Waals surface area contributed by atoms with Gasteiger partial charge >= 0.3 is 5.91 Å². The zero-order valence-electron chi connectivity index (χ0n) is 21.8. The summed E-state index contributed by atoms with van der Waals surface area (Å²) in [5.74, 6) is -2.59. The molecule has 0 unspecified atom stereocenters. The van der Waals surface area contributed by atoms with Gasteiger partial charge in [0.25, 0.3) is 11.8 Å². The number of aliphatic hydroxyl groups excluding tert-OH is 1. The highest BCUT2D eigenvalue weighted by Gasteiger charge is 2.49. The molecule has 1 aliphatic heterocycles. The molecule has 1 saturated carbocycles. The number of amides is 3. The van der Waals surface area contributed by atoms with E-state index in [1.165, 1.54) is 12.1 Å². The first-order valence-corrected chi connectivity index (χ1v) is 14.0. The maximum atomic E-state index is 14.0. The van der Waals surface area contributed by atoms with Gasteiger partial charge in [0, 0.05) is 26.3 Å². The number of hydrogen-bond donors (Lipinski definition) is 2. The fourth-order valence-corrected chi connectivity index (χ4v) is 6.26. The maximum absolute atomic E-state index is 14.0. The van der Waals surface area contributed by atoms with Crippen molar-refractivity contribution in [3.05, 3.63) is 109 Å². The molecule has 3 aromatic carbocycles. The molecule has 11 heteroatoms. The molecular weight excluding hydrogens is 569 g/mol. The minimum absolute atomic E-state index is 0.0283. The number of hydroxylamine groups is 1. The van der Waals surface area contributed by atoms with Gasteiger partial charge in [-0.05, 0) is 59.9 Å². The van der Waals surface area contributed by atoms with Crippen LogP contribution in [0.15, 0.2) is 71.9 Å². The summed E-state index contributed by atoms with van der Waals surface area (Å²) in [6, 6.07) is 16.5. The monoisotopic (exact) mass is 595 g/mol. The quantitative estimate of drug-likeness (QED) is 0.265. The van der Waals surface area contributed by atoms with Crippen molar-refractivity contribution >= 4 is 40.9 Å². The molecule has 0 radical (unpaired) electrons. The second-order valence-corrected chi connectivity index (χ2v) is 11.0. The van der Waals surface area contributed by atoms with E-state index in [0.717, 1.165) is 12.8 Å². The minimum Gasteiger partial charge on any atom is -0.391 e. The molecule has 1 fully saturated rings. The zero-order chi connectivity index (χ0) is 29.1. The van der Waals surface area contributed by atoms with E-state index in [1.807, 2.05) is 0 Å². The number of nitroso groups, excluding NO2 is 1. The van der Waals surface area contributed by atoms with Crippen LogP contribution in [0.4, 0.5) is 0 Å². The van der Waals surface area contributed by atoms with Crippen LogP contribution in [0.25, 0.3) is 0 Å². The van der Waals surface area contributed by atoms with E-state index >= 15 is 0 Å². The molecule has 0 saturated heterocycles. The largest absolute Gasteiger partial charge is 0.391 e. The van der Waals surface area contributed by atoms with Crippen molar-refractivity contribution in [2.45, 2.75) is 56.4 Å². The second-order valence-electron chi connectivity index (χ2n) is 10.2. The highest BCUT2D eigenvalue weighted by molar-refractivity contribution is 6.35. The molecule has 1 heterocycles. The first-order valence-electron chi connectivity index (χ1n) is 13.2. The predicted molar refractivity (Wildman–Crippen MR) is 152 cm³/mol. The Hall–Kier alpha value is -3.63. The number of benzene rings is 3. The molecule has 41 heavy (non-hydrogen) atoms. The van der Waals surface area contributed by atoms with E-state index in [0.29, 0.717) is 45.1 Å². The third kappa shape index (κ3) is 5.90. The summed E-state index contributed by atoms with van der Waals surface area (Å²) in [4.78, 5) is 57.0. The van der Waals surface area contributed by atoms with Crippen LogP contribution < -0.4 is 5.48 Å². The minimum atomic E-state index is -0.921. The molecule has 1 aliphatic carbocycles. The predicted octanol–water partition coefficient (Wildman–Crippen LogP) is 5.73. The molecule has 0 bridgehead atoms. The first kappa shape index (κ1) is 28.9. The van der Waals surface area contributed by atoms with Gasteiger partial charge in [-0.3, -0.25) is 19.2 Å². The van der Waals surface area contributed by atoms with Gasteiger partial charge in [-0.2, -0.15) is 0 Å². The topological polar surface area (TPSA) is 125 Å². The van der Waals surface area contributed by atoms with Gasteiger partial charge in [0.05, 0.1) is 30.7 Å². The Bertz CT molecular complexity index is 1480. The number of hydrogen-bond acceptors (Lipinski definition) is 6. The van der Waals surface area contributed by atoms with Crippen LogP contribution in [-0.4, -0.2) is 39.9 Å². The van der Waals surface area contributed by atoms with E-state index in [-0.39, 0.29) is 18.1 Å². The lowest BCUT2D eigenvalue weighted by Gasteiger charge is -2.48. The lowest BCUT2D eigenvalue weighted by atomic mass is 9.77. The van der Waals surface area contributed by atoms with Gasteiger partial charge in [-0.1, -0.05) is 72.4 Å². The molecule has 0 spiro atoms. The van der Waals surface area contributed by atoms with Crippen LogP contribution in [0.5, 0.6) is 0 Å². The Morgan fingerprint density at radius 3 is 2.44 bits per heavy atom. The van der Waals surface area contributed by atoms with Crippen LogP contribution in [0.3, 0.4) is 0 Å². The fourth-order valence-electron chi connectivity index (χ4n) is 5.74. The van der Waals surface area contributed by atoms with Crippen LogP contribution >= 0.6 is 23.2 Å². The molecule has 3 aromatic rings. The van der Waals surface area contributed by atoms with E-state index in [9.17, 15) is 24.4 Å². The van der Waals surface area contributed by atoms with Crippen molar-refractivity contribution in [1.29, 1.82) is 0 Å². The second kappa shape index (κ2) is 12.5. The molecule has 3 amide bonds. The van der Waals surface area contributed by atoms with Crippen molar-refractivity contribution < 1.29 is 24.3 Å². The Kier molecular flexibility index (Phi) is 8.79. The molecule has 0 aromatic heterocycles. The summed E-state index contributed by atoms with van der Waals surface area (Å²) in [5, 5.41) is 14.1. The van der Waals surface area contributed by atoms with Crippen LogP contribution in [0, 0.1) is 4.91 Å². The van der Waals surface area contributed by atoms with Crippen LogP contribution in [0.1, 0.15) is 75.0 Å². The fraction of sp³-hybridized carbons (Fsp3) is 0.300. The Morgan fingerprint density at radius 1 is 1.00 bits per heavy atom. The summed E-state index contributed by atoms with van der Waals surface area (Å²) in [6.07, 6.45) is 2.06. The average Bonchev–Trinajstić information content (AvgIpc) is 2.98. The van der Waals surface area contributed by atoms with Crippen LogP contribution in [-0.2, 0) is 16.2 Å². The number of carbonyl (C=O) groups is 3. The Balaban J connectivity index is 1.49. The summed E-state index contributed by atoms with van der Waals surface area (Å²) in [7, 11) is 0. The molecule has 9 nitrogen and oxygen atoms in total. The third-order valence-corrected chi connectivity index (χ3v) is 8.25. The summed E-state index contributed by atoms with van der Waals surface area (Å²) >= 11 is 12.9. The summed E-state index contributed by atoms with van der Waals surface area (Å²) < 4.78 is 0. The summed E-state index contributed by atoms with van der Waals surface area (Å²) in [5.41, 5.74) is 4.72. The third-order valence-electron chi connectivity index (χ3n) is 7.69. The standard InChI is InChI=1S/C30H27Cl2N3O6/c31-19-13-14-22(23(32)15-19)27-26(29(38)34-41-16-17-9-11-18(12-10-17)28(37)33-40)20-5-1-2-6-21(20)30(39)35(27)24-7-3-4-8-25(24)36/h1-2,5-6,9-15,24-27,36H,3-4,7-8,16H2,(H,34,38)/t24-,25-,26+,27-/m0/s1. The van der Waals surface area contributed by atoms with Crippen molar-refractivity contribution in [1.82, 2.24) is 10.4 Å². The molecule has 5 rings (SSSR count). The Labute approximate surface area is 246 Å². The SMILES string of the molecule is O=NC(=O)c1ccc(CONC(=O)[C@@H]2c3ccccc3C(=O)N([C@H]3CCCC[C@@H]3O)[C@H]2c2ccc(Cl)cc2Cl)cc1. The lowest BCUT2D eigenvalue weighted by Crippen LogP contribution is -2.55. The number of halogens is 2. The lowest BCUT2D eigenvalue weighted by molar-refractivity contribution is -0.138. The van der Waals surface area contributed by atoms with Gasteiger partial charge in [0.2, 0.25) is 0 Å². The van der Waals surface area contributed by atoms with E-state index in [2.05, 4.69) is 10.7 Å². The van der Waals surface area contributed by atoms with E-state index in [1.54, 1.807) is 59.5 Å². The van der Waals surface area contributed by atoms with Gasteiger partial charge in [0.1, 0.15) is 0 Å². The Morgan fingerprint density at radius 2 is 1.73 bits per heavy atom. The number of nitrogens with one attached hydrogen (secondary N) is 1. The number of nitrogens with zero attached hydrogens (tertiary/aromatic N) is 2. The number of rotatable bonds is 7. The van der Waals surface area contributed by atoms with E-state index in [4.69, 9.17) is 28.0 Å². The van der Waals surface area contributed by atoms with Gasteiger partial charge < -0.3 is 10.0 Å². The van der Waals surface area contributed by atoms with Gasteiger partial charge in [-0.15, -0.1) is 4.91 Å². The van der Waals surface area contributed by atoms with Gasteiger partial charge in [0.15, 0.2) is 0 Å². The van der Waals surface area contributed by atoms with Crippen molar-refractivity contribution in [2.75, 3.05) is 0 Å².